The highest BCUT2D eigenvalue weighted by Gasteiger charge is 2.12. The molecular weight excluding hydrogens is 222 g/mol. The normalized spacial score (nSPS) is 12.9. The Labute approximate surface area is 100 Å². The summed E-state index contributed by atoms with van der Waals surface area (Å²) in [7, 11) is 1.61. The molecule has 0 aliphatic carbocycles. The number of ether oxygens (including phenoxy) is 2. The molecule has 17 heavy (non-hydrogen) atoms. The zero-order valence-corrected chi connectivity index (χ0v) is 10.4. The van der Waals surface area contributed by atoms with Crippen LogP contribution < -0.4 is 11.3 Å². The number of anilines is 1. The molecule has 6 nitrogen and oxygen atoms in total. The van der Waals surface area contributed by atoms with Crippen LogP contribution in [-0.4, -0.2) is 35.5 Å². The van der Waals surface area contributed by atoms with E-state index in [9.17, 15) is 4.79 Å². The average molecular weight is 241 g/mol. The van der Waals surface area contributed by atoms with Gasteiger partial charge in [0.25, 0.3) is 5.56 Å². The minimum atomic E-state index is -0.341. The van der Waals surface area contributed by atoms with E-state index in [0.29, 0.717) is 13.2 Å². The number of methoxy groups -OCH3 is 1. The lowest BCUT2D eigenvalue weighted by Crippen LogP contribution is -2.29. The second kappa shape index (κ2) is 6.36. The van der Waals surface area contributed by atoms with Crippen molar-refractivity contribution in [3.8, 4) is 0 Å². The third-order valence-corrected chi connectivity index (χ3v) is 2.13. The van der Waals surface area contributed by atoms with Gasteiger partial charge in [0.15, 0.2) is 0 Å². The first-order valence-electron chi connectivity index (χ1n) is 5.50. The Bertz CT molecular complexity index is 403. The van der Waals surface area contributed by atoms with Crippen LogP contribution in [0.3, 0.4) is 0 Å². The fourth-order valence-electron chi connectivity index (χ4n) is 1.52. The van der Waals surface area contributed by atoms with Crippen LogP contribution in [0, 0.1) is 0 Å². The van der Waals surface area contributed by atoms with Gasteiger partial charge in [0.1, 0.15) is 0 Å². The third kappa shape index (κ3) is 4.54. The fraction of sp³-hybridized carbons (Fsp3) is 0.636. The van der Waals surface area contributed by atoms with Crippen LogP contribution in [0.15, 0.2) is 17.1 Å². The lowest BCUT2D eigenvalue weighted by Gasteiger charge is -2.21. The van der Waals surface area contributed by atoms with Gasteiger partial charge in [0.05, 0.1) is 25.4 Å². The number of nitrogen functional groups attached to an aromatic ring is 1. The van der Waals surface area contributed by atoms with Crippen molar-refractivity contribution < 1.29 is 9.47 Å². The van der Waals surface area contributed by atoms with Crippen LogP contribution >= 0.6 is 0 Å². The molecule has 0 radical (unpaired) electrons. The number of nitrogens with two attached hydrogens (primary N) is 1. The Morgan fingerprint density at radius 1 is 1.53 bits per heavy atom. The van der Waals surface area contributed by atoms with E-state index in [1.165, 1.54) is 6.07 Å². The first-order chi connectivity index (χ1) is 8.02. The maximum absolute atomic E-state index is 11.0. The molecule has 0 amide bonds. The van der Waals surface area contributed by atoms with Crippen LogP contribution in [-0.2, 0) is 16.0 Å². The van der Waals surface area contributed by atoms with Gasteiger partial charge in [-0.1, -0.05) is 0 Å². The van der Waals surface area contributed by atoms with E-state index in [0.717, 1.165) is 0 Å². The summed E-state index contributed by atoms with van der Waals surface area (Å²) in [6, 6.07) is 1.37. The van der Waals surface area contributed by atoms with Crippen LogP contribution in [0.1, 0.15) is 13.8 Å². The SMILES string of the molecule is COCC(Cn1ccc(=O)nc1N)OC(C)C. The van der Waals surface area contributed by atoms with Crippen LogP contribution in [0.25, 0.3) is 0 Å². The molecule has 1 aromatic rings. The minimum absolute atomic E-state index is 0.101. The van der Waals surface area contributed by atoms with Crippen LogP contribution in [0.5, 0.6) is 0 Å². The highest BCUT2D eigenvalue weighted by Crippen LogP contribution is 2.05. The van der Waals surface area contributed by atoms with Crippen molar-refractivity contribution in [1.29, 1.82) is 0 Å². The summed E-state index contributed by atoms with van der Waals surface area (Å²) in [5.74, 6) is 0.186. The van der Waals surface area contributed by atoms with Gasteiger partial charge in [0, 0.05) is 19.4 Å². The Morgan fingerprint density at radius 3 is 2.76 bits per heavy atom. The average Bonchev–Trinajstić information content (AvgIpc) is 2.21. The van der Waals surface area contributed by atoms with E-state index >= 15 is 0 Å². The number of rotatable bonds is 6. The van der Waals surface area contributed by atoms with Gasteiger partial charge in [-0.05, 0) is 13.8 Å². The van der Waals surface area contributed by atoms with E-state index in [1.807, 2.05) is 13.8 Å². The number of hydrogen-bond acceptors (Lipinski definition) is 5. The van der Waals surface area contributed by atoms with Gasteiger partial charge in [-0.2, -0.15) is 4.98 Å². The molecule has 0 saturated heterocycles. The summed E-state index contributed by atoms with van der Waals surface area (Å²) in [4.78, 5) is 14.6. The predicted molar refractivity (Wildman–Crippen MR) is 64.8 cm³/mol. The fourth-order valence-corrected chi connectivity index (χ4v) is 1.52. The van der Waals surface area contributed by atoms with Gasteiger partial charge in [-0.25, -0.2) is 0 Å². The molecule has 0 saturated carbocycles. The maximum atomic E-state index is 11.0. The van der Waals surface area contributed by atoms with E-state index in [2.05, 4.69) is 4.98 Å². The highest BCUT2D eigenvalue weighted by atomic mass is 16.5. The Kier molecular flexibility index (Phi) is 5.11. The smallest absolute Gasteiger partial charge is 0.274 e. The zero-order chi connectivity index (χ0) is 12.8. The van der Waals surface area contributed by atoms with Crippen molar-refractivity contribution in [3.05, 3.63) is 22.6 Å². The zero-order valence-electron chi connectivity index (χ0n) is 10.4. The van der Waals surface area contributed by atoms with Crippen molar-refractivity contribution in [1.82, 2.24) is 9.55 Å². The molecule has 0 aromatic carbocycles. The minimum Gasteiger partial charge on any atom is -0.382 e. The van der Waals surface area contributed by atoms with E-state index in [-0.39, 0.29) is 23.7 Å². The van der Waals surface area contributed by atoms with Gasteiger partial charge < -0.3 is 19.8 Å². The van der Waals surface area contributed by atoms with E-state index < -0.39 is 0 Å². The monoisotopic (exact) mass is 241 g/mol. The first kappa shape index (κ1) is 13.7. The Morgan fingerprint density at radius 2 is 2.24 bits per heavy atom. The number of aromatic nitrogens is 2. The molecule has 1 atom stereocenters. The van der Waals surface area contributed by atoms with E-state index in [4.69, 9.17) is 15.2 Å². The molecular formula is C11H19N3O3. The molecule has 0 aliphatic heterocycles. The van der Waals surface area contributed by atoms with E-state index in [1.54, 1.807) is 17.9 Å². The molecule has 1 unspecified atom stereocenters. The summed E-state index contributed by atoms with van der Waals surface area (Å²) < 4.78 is 12.4. The number of hydrogen-bond donors (Lipinski definition) is 1. The summed E-state index contributed by atoms with van der Waals surface area (Å²) in [6.07, 6.45) is 1.59. The molecule has 0 spiro atoms. The first-order valence-corrected chi connectivity index (χ1v) is 5.50. The van der Waals surface area contributed by atoms with Crippen molar-refractivity contribution in [3.63, 3.8) is 0 Å². The highest BCUT2D eigenvalue weighted by molar-refractivity contribution is 5.15. The summed E-state index contributed by atoms with van der Waals surface area (Å²) in [5, 5.41) is 0. The summed E-state index contributed by atoms with van der Waals surface area (Å²) in [5.41, 5.74) is 5.31. The quantitative estimate of drug-likeness (QED) is 0.773. The lowest BCUT2D eigenvalue weighted by atomic mass is 10.3. The van der Waals surface area contributed by atoms with Crippen molar-refractivity contribution in [2.24, 2.45) is 0 Å². The van der Waals surface area contributed by atoms with Gasteiger partial charge >= 0.3 is 0 Å². The predicted octanol–water partition coefficient (Wildman–Crippen LogP) is 0.266. The van der Waals surface area contributed by atoms with Crippen LogP contribution in [0.4, 0.5) is 5.95 Å². The maximum Gasteiger partial charge on any atom is 0.274 e. The lowest BCUT2D eigenvalue weighted by molar-refractivity contribution is -0.0415. The van der Waals surface area contributed by atoms with Crippen molar-refractivity contribution in [2.45, 2.75) is 32.6 Å². The molecule has 0 fully saturated rings. The molecule has 0 aliphatic rings. The molecule has 96 valence electrons. The molecule has 6 heteroatoms. The third-order valence-electron chi connectivity index (χ3n) is 2.13. The van der Waals surface area contributed by atoms with Gasteiger partial charge in [0.2, 0.25) is 5.95 Å². The summed E-state index contributed by atoms with van der Waals surface area (Å²) >= 11 is 0. The largest absolute Gasteiger partial charge is 0.382 e. The Hall–Kier alpha value is -1.40. The topological polar surface area (TPSA) is 79.4 Å². The second-order valence-electron chi connectivity index (χ2n) is 4.04. The van der Waals surface area contributed by atoms with Gasteiger partial charge in [-0.3, -0.25) is 4.79 Å². The van der Waals surface area contributed by atoms with Crippen LogP contribution in [0.2, 0.25) is 0 Å². The molecule has 1 heterocycles. The second-order valence-corrected chi connectivity index (χ2v) is 4.04. The molecule has 2 N–H and O–H groups in total. The molecule has 1 rings (SSSR count). The standard InChI is InChI=1S/C11H19N3O3/c1-8(2)17-9(7-16-3)6-14-5-4-10(15)13-11(14)12/h4-5,8-9H,6-7H2,1-3H3,(H2,12,13,15). The van der Waals surface area contributed by atoms with Crippen molar-refractivity contribution in [2.75, 3.05) is 19.5 Å². The van der Waals surface area contributed by atoms with Gasteiger partial charge in [-0.15, -0.1) is 0 Å². The molecule has 1 aromatic heterocycles. The van der Waals surface area contributed by atoms with Crippen molar-refractivity contribution >= 4 is 5.95 Å². The molecule has 0 bridgehead atoms. The Balaban J connectivity index is 2.74. The number of nitrogens with zero attached hydrogens (tertiary/aromatic N) is 2. The summed E-state index contributed by atoms with van der Waals surface area (Å²) in [6.45, 7) is 4.88.